The number of hydrogen-bond donors (Lipinski definition) is 1. The summed E-state index contributed by atoms with van der Waals surface area (Å²) in [6.07, 6.45) is 1.16. The molecule has 1 rings (SSSR count). The molecule has 6 nitrogen and oxygen atoms in total. The first-order chi connectivity index (χ1) is 7.74. The highest BCUT2D eigenvalue weighted by molar-refractivity contribution is 5.86. The predicted octanol–water partition coefficient (Wildman–Crippen LogP) is 0.466. The largest absolute Gasteiger partial charge is 0.458 e. The fourth-order valence-electron chi connectivity index (χ4n) is 0.934. The molecule has 1 amide bonds. The topological polar surface area (TPSA) is 92.3 Å². The molecule has 1 N–H and O–H groups in total. The van der Waals surface area contributed by atoms with Crippen LogP contribution >= 0.6 is 0 Å². The summed E-state index contributed by atoms with van der Waals surface area (Å²) in [6.45, 7) is 0.212. The van der Waals surface area contributed by atoms with Crippen molar-refractivity contribution in [1.29, 1.82) is 5.26 Å². The van der Waals surface area contributed by atoms with E-state index in [2.05, 4.69) is 5.32 Å². The molecule has 16 heavy (non-hydrogen) atoms. The van der Waals surface area contributed by atoms with Gasteiger partial charge in [-0.05, 0) is 12.1 Å². The average molecular weight is 222 g/mol. The molecule has 0 aliphatic carbocycles. The van der Waals surface area contributed by atoms with Gasteiger partial charge in [0.1, 0.15) is 13.0 Å². The van der Waals surface area contributed by atoms with Gasteiger partial charge >= 0.3 is 5.97 Å². The van der Waals surface area contributed by atoms with Gasteiger partial charge in [0.05, 0.1) is 18.9 Å². The van der Waals surface area contributed by atoms with Crippen molar-refractivity contribution in [3.05, 3.63) is 24.2 Å². The summed E-state index contributed by atoms with van der Waals surface area (Å²) in [5.41, 5.74) is 0. The Hall–Kier alpha value is -2.29. The molecule has 0 atom stereocenters. The summed E-state index contributed by atoms with van der Waals surface area (Å²) >= 11 is 0. The molecular weight excluding hydrogens is 212 g/mol. The standard InChI is InChI=1S/C10H10N2O4/c11-4-3-9(13)12-5-7-16-10(14)8-2-1-6-15-8/h1-2,6H,3,5,7H2,(H,12,13). The first-order valence-corrected chi connectivity index (χ1v) is 4.58. The zero-order chi connectivity index (χ0) is 11.8. The van der Waals surface area contributed by atoms with Crippen molar-refractivity contribution in [3.63, 3.8) is 0 Å². The second kappa shape index (κ2) is 6.24. The van der Waals surface area contributed by atoms with Crippen LogP contribution in [0, 0.1) is 11.3 Å². The summed E-state index contributed by atoms with van der Waals surface area (Å²) in [5, 5.41) is 10.6. The van der Waals surface area contributed by atoms with Gasteiger partial charge in [-0.1, -0.05) is 0 Å². The van der Waals surface area contributed by atoms with Crippen molar-refractivity contribution in [2.75, 3.05) is 13.2 Å². The fourth-order valence-corrected chi connectivity index (χ4v) is 0.934. The van der Waals surface area contributed by atoms with E-state index in [4.69, 9.17) is 14.4 Å². The van der Waals surface area contributed by atoms with E-state index in [1.807, 2.05) is 0 Å². The second-order valence-electron chi connectivity index (χ2n) is 2.80. The van der Waals surface area contributed by atoms with E-state index in [0.29, 0.717) is 0 Å². The molecule has 0 aromatic carbocycles. The monoisotopic (exact) mass is 222 g/mol. The van der Waals surface area contributed by atoms with Crippen molar-refractivity contribution >= 4 is 11.9 Å². The van der Waals surface area contributed by atoms with Crippen LogP contribution in [0.2, 0.25) is 0 Å². The lowest BCUT2D eigenvalue weighted by Gasteiger charge is -2.03. The number of hydrogen-bond acceptors (Lipinski definition) is 5. The van der Waals surface area contributed by atoms with Crippen molar-refractivity contribution in [3.8, 4) is 6.07 Å². The maximum absolute atomic E-state index is 11.2. The van der Waals surface area contributed by atoms with Crippen LogP contribution < -0.4 is 5.32 Å². The van der Waals surface area contributed by atoms with Crippen LogP contribution in [0.1, 0.15) is 17.0 Å². The molecule has 0 saturated heterocycles. The van der Waals surface area contributed by atoms with E-state index in [-0.39, 0.29) is 25.3 Å². The number of amides is 1. The molecule has 0 fully saturated rings. The molecule has 84 valence electrons. The molecule has 0 aliphatic heterocycles. The number of furan rings is 1. The van der Waals surface area contributed by atoms with Crippen molar-refractivity contribution < 1.29 is 18.7 Å². The summed E-state index contributed by atoms with van der Waals surface area (Å²) in [7, 11) is 0. The molecule has 0 aliphatic rings. The Morgan fingerprint density at radius 1 is 1.56 bits per heavy atom. The van der Waals surface area contributed by atoms with Gasteiger partial charge in [0.2, 0.25) is 11.7 Å². The molecule has 0 radical (unpaired) electrons. The smallest absolute Gasteiger partial charge is 0.374 e. The number of esters is 1. The Balaban J connectivity index is 2.15. The minimum absolute atomic E-state index is 0.0384. The van der Waals surface area contributed by atoms with Gasteiger partial charge in [0.15, 0.2) is 0 Å². The normalized spacial score (nSPS) is 9.19. The Morgan fingerprint density at radius 3 is 3.00 bits per heavy atom. The van der Waals surface area contributed by atoms with Gasteiger partial charge in [-0.3, -0.25) is 4.79 Å². The average Bonchev–Trinajstić information content (AvgIpc) is 2.78. The van der Waals surface area contributed by atoms with E-state index in [9.17, 15) is 9.59 Å². The number of nitrogens with zero attached hydrogens (tertiary/aromatic N) is 1. The molecule has 6 heteroatoms. The predicted molar refractivity (Wildman–Crippen MR) is 52.2 cm³/mol. The maximum Gasteiger partial charge on any atom is 0.374 e. The van der Waals surface area contributed by atoms with Gasteiger partial charge in [0, 0.05) is 0 Å². The number of ether oxygens (including phenoxy) is 1. The highest BCUT2D eigenvalue weighted by Crippen LogP contribution is 2.01. The highest BCUT2D eigenvalue weighted by Gasteiger charge is 2.09. The first-order valence-electron chi connectivity index (χ1n) is 4.58. The summed E-state index contributed by atoms with van der Waals surface area (Å²) in [6, 6.07) is 4.76. The third-order valence-corrected chi connectivity index (χ3v) is 1.62. The Kier molecular flexibility index (Phi) is 4.60. The van der Waals surface area contributed by atoms with Crippen LogP contribution in [0.15, 0.2) is 22.8 Å². The number of carbonyl (C=O) groups excluding carboxylic acids is 2. The Labute approximate surface area is 91.8 Å². The first kappa shape index (κ1) is 11.8. The van der Waals surface area contributed by atoms with Crippen molar-refractivity contribution in [2.45, 2.75) is 6.42 Å². The number of nitriles is 1. The highest BCUT2D eigenvalue weighted by atomic mass is 16.5. The van der Waals surface area contributed by atoms with Crippen LogP contribution in [-0.4, -0.2) is 25.0 Å². The fraction of sp³-hybridized carbons (Fsp3) is 0.300. The molecule has 0 bridgehead atoms. The van der Waals surface area contributed by atoms with E-state index in [0.717, 1.165) is 0 Å². The molecule has 1 aromatic heterocycles. The third kappa shape index (κ3) is 3.84. The number of nitrogens with one attached hydrogen (secondary N) is 1. The van der Waals surface area contributed by atoms with Crippen LogP contribution in [0.5, 0.6) is 0 Å². The summed E-state index contributed by atoms with van der Waals surface area (Å²) < 4.78 is 9.59. The van der Waals surface area contributed by atoms with Crippen LogP contribution in [0.4, 0.5) is 0 Å². The molecule has 0 spiro atoms. The second-order valence-corrected chi connectivity index (χ2v) is 2.80. The quantitative estimate of drug-likeness (QED) is 0.577. The number of carbonyl (C=O) groups is 2. The minimum Gasteiger partial charge on any atom is -0.458 e. The zero-order valence-corrected chi connectivity index (χ0v) is 8.43. The zero-order valence-electron chi connectivity index (χ0n) is 8.43. The summed E-state index contributed by atoms with van der Waals surface area (Å²) in [5.74, 6) is -0.862. The lowest BCUT2D eigenvalue weighted by atomic mass is 10.4. The molecule has 1 aromatic rings. The Bertz CT molecular complexity index is 391. The van der Waals surface area contributed by atoms with Crippen LogP contribution in [0.25, 0.3) is 0 Å². The van der Waals surface area contributed by atoms with Crippen LogP contribution in [0.3, 0.4) is 0 Å². The van der Waals surface area contributed by atoms with Gasteiger partial charge in [-0.15, -0.1) is 0 Å². The molecule has 0 saturated carbocycles. The van der Waals surface area contributed by atoms with E-state index in [1.165, 1.54) is 12.3 Å². The van der Waals surface area contributed by atoms with E-state index < -0.39 is 11.9 Å². The van der Waals surface area contributed by atoms with Crippen molar-refractivity contribution in [1.82, 2.24) is 5.32 Å². The number of rotatable bonds is 5. The van der Waals surface area contributed by atoms with E-state index >= 15 is 0 Å². The van der Waals surface area contributed by atoms with Gasteiger partial charge in [0.25, 0.3) is 0 Å². The van der Waals surface area contributed by atoms with Gasteiger partial charge in [-0.2, -0.15) is 5.26 Å². The van der Waals surface area contributed by atoms with E-state index in [1.54, 1.807) is 12.1 Å². The Morgan fingerprint density at radius 2 is 2.38 bits per heavy atom. The SMILES string of the molecule is N#CCC(=O)NCCOC(=O)c1ccco1. The van der Waals surface area contributed by atoms with Crippen LogP contribution in [-0.2, 0) is 9.53 Å². The van der Waals surface area contributed by atoms with Gasteiger partial charge in [-0.25, -0.2) is 4.79 Å². The molecule has 0 unspecified atom stereocenters. The lowest BCUT2D eigenvalue weighted by molar-refractivity contribution is -0.120. The minimum atomic E-state index is -0.584. The maximum atomic E-state index is 11.2. The third-order valence-electron chi connectivity index (χ3n) is 1.62. The lowest BCUT2D eigenvalue weighted by Crippen LogP contribution is -2.27. The summed E-state index contributed by atoms with van der Waals surface area (Å²) in [4.78, 5) is 22.0. The van der Waals surface area contributed by atoms with Gasteiger partial charge < -0.3 is 14.5 Å². The molecule has 1 heterocycles. The molecular formula is C10H10N2O4. The van der Waals surface area contributed by atoms with Crippen molar-refractivity contribution in [2.24, 2.45) is 0 Å².